The quantitative estimate of drug-likeness (QED) is 0.684. The molecule has 1 N–H and O–H groups in total. The van der Waals surface area contributed by atoms with Gasteiger partial charge in [0.2, 0.25) is 0 Å². The van der Waals surface area contributed by atoms with Crippen molar-refractivity contribution in [3.05, 3.63) is 101 Å². The second-order valence-electron chi connectivity index (χ2n) is 5.54. The maximum absolute atomic E-state index is 12.9. The van der Waals surface area contributed by atoms with E-state index in [0.29, 0.717) is 4.90 Å². The molecule has 0 spiro atoms. The minimum Gasteiger partial charge on any atom is -0.379 e. The Morgan fingerprint density at radius 2 is 1.25 bits per heavy atom. The highest BCUT2D eigenvalue weighted by Crippen LogP contribution is 2.32. The Hall–Kier alpha value is -1.75. The summed E-state index contributed by atoms with van der Waals surface area (Å²) in [5.41, 5.74) is 0.170. The molecule has 0 amide bonds. The Labute approximate surface area is 152 Å². The molecule has 0 saturated carbocycles. The van der Waals surface area contributed by atoms with Gasteiger partial charge in [0.15, 0.2) is 0 Å². The molecule has 3 rings (SSSR count). The molecule has 0 heterocycles. The molecule has 0 aliphatic rings. The van der Waals surface area contributed by atoms with Crippen LogP contribution in [-0.4, -0.2) is 15.1 Å². The SMILES string of the molecule is O=[S@@](CC(O)(c1ccccc1)c1ccccc1)c1ccc(Br)cc1. The summed E-state index contributed by atoms with van der Waals surface area (Å²) in [7, 11) is -1.33. The number of halogens is 1. The molecule has 3 aromatic rings. The van der Waals surface area contributed by atoms with Gasteiger partial charge in [-0.2, -0.15) is 0 Å². The van der Waals surface area contributed by atoms with Crippen LogP contribution in [0, 0.1) is 0 Å². The van der Waals surface area contributed by atoms with Gasteiger partial charge in [0, 0.05) is 9.37 Å². The Morgan fingerprint density at radius 1 is 0.792 bits per heavy atom. The highest BCUT2D eigenvalue weighted by Gasteiger charge is 2.33. The summed E-state index contributed by atoms with van der Waals surface area (Å²) in [5, 5.41) is 11.4. The number of aliphatic hydroxyl groups is 1. The first kappa shape index (κ1) is 17.1. The van der Waals surface area contributed by atoms with Gasteiger partial charge in [-0.3, -0.25) is 4.21 Å². The van der Waals surface area contributed by atoms with Crippen LogP contribution in [-0.2, 0) is 16.4 Å². The monoisotopic (exact) mass is 400 g/mol. The number of rotatable bonds is 5. The molecule has 0 aromatic heterocycles. The van der Waals surface area contributed by atoms with E-state index in [9.17, 15) is 9.32 Å². The average Bonchev–Trinajstić information content (AvgIpc) is 2.63. The third kappa shape index (κ3) is 3.66. The van der Waals surface area contributed by atoms with E-state index in [-0.39, 0.29) is 5.75 Å². The predicted molar refractivity (Wildman–Crippen MR) is 101 cm³/mol. The van der Waals surface area contributed by atoms with Crippen LogP contribution in [0.3, 0.4) is 0 Å². The predicted octanol–water partition coefficient (Wildman–Crippen LogP) is 4.49. The minimum atomic E-state index is -1.33. The molecular weight excluding hydrogens is 384 g/mol. The topological polar surface area (TPSA) is 37.3 Å². The molecule has 0 aliphatic carbocycles. The second kappa shape index (κ2) is 7.43. The van der Waals surface area contributed by atoms with Gasteiger partial charge < -0.3 is 5.11 Å². The Bertz CT molecular complexity index is 778. The highest BCUT2D eigenvalue weighted by molar-refractivity contribution is 9.10. The molecular formula is C20H17BrO2S. The fourth-order valence-corrected chi connectivity index (χ4v) is 4.20. The molecule has 0 radical (unpaired) electrons. The Balaban J connectivity index is 2.00. The first-order valence-electron chi connectivity index (χ1n) is 7.57. The maximum atomic E-state index is 12.9. The summed E-state index contributed by atoms with van der Waals surface area (Å²) in [6.45, 7) is 0. The fourth-order valence-electron chi connectivity index (χ4n) is 2.62. The lowest BCUT2D eigenvalue weighted by atomic mass is 9.88. The molecule has 4 heteroatoms. The van der Waals surface area contributed by atoms with Crippen molar-refractivity contribution in [2.24, 2.45) is 0 Å². The lowest BCUT2D eigenvalue weighted by molar-refractivity contribution is 0.106. The molecule has 0 aliphatic heterocycles. The van der Waals surface area contributed by atoms with Gasteiger partial charge in [-0.25, -0.2) is 0 Å². The Morgan fingerprint density at radius 3 is 1.71 bits per heavy atom. The summed E-state index contributed by atoms with van der Waals surface area (Å²) in [6, 6.07) is 26.1. The van der Waals surface area contributed by atoms with E-state index < -0.39 is 16.4 Å². The van der Waals surface area contributed by atoms with Crippen molar-refractivity contribution in [2.45, 2.75) is 10.5 Å². The van der Waals surface area contributed by atoms with Crippen LogP contribution < -0.4 is 0 Å². The van der Waals surface area contributed by atoms with Crippen molar-refractivity contribution in [1.82, 2.24) is 0 Å². The molecule has 2 nitrogen and oxygen atoms in total. The summed E-state index contributed by atoms with van der Waals surface area (Å²) < 4.78 is 13.8. The van der Waals surface area contributed by atoms with Gasteiger partial charge >= 0.3 is 0 Å². The molecule has 0 fully saturated rings. The largest absolute Gasteiger partial charge is 0.379 e. The smallest absolute Gasteiger partial charge is 0.126 e. The molecule has 0 bridgehead atoms. The van der Waals surface area contributed by atoms with Crippen molar-refractivity contribution in [1.29, 1.82) is 0 Å². The van der Waals surface area contributed by atoms with E-state index in [4.69, 9.17) is 0 Å². The van der Waals surface area contributed by atoms with Gasteiger partial charge in [-0.05, 0) is 35.4 Å². The van der Waals surface area contributed by atoms with Crippen LogP contribution in [0.15, 0.2) is 94.3 Å². The summed E-state index contributed by atoms with van der Waals surface area (Å²) >= 11 is 3.38. The maximum Gasteiger partial charge on any atom is 0.126 e. The van der Waals surface area contributed by atoms with Gasteiger partial charge in [-0.1, -0.05) is 76.6 Å². The zero-order valence-corrected chi connectivity index (χ0v) is 15.3. The van der Waals surface area contributed by atoms with Gasteiger partial charge in [-0.15, -0.1) is 0 Å². The average molecular weight is 401 g/mol. The zero-order valence-electron chi connectivity index (χ0n) is 12.9. The third-order valence-corrected chi connectivity index (χ3v) is 5.93. The van der Waals surface area contributed by atoms with Crippen LogP contribution in [0.2, 0.25) is 0 Å². The van der Waals surface area contributed by atoms with E-state index in [1.807, 2.05) is 84.9 Å². The molecule has 122 valence electrons. The van der Waals surface area contributed by atoms with E-state index in [0.717, 1.165) is 15.6 Å². The van der Waals surface area contributed by atoms with Crippen molar-refractivity contribution in [3.63, 3.8) is 0 Å². The normalized spacial score (nSPS) is 12.8. The number of hydrogen-bond donors (Lipinski definition) is 1. The lowest BCUT2D eigenvalue weighted by Crippen LogP contribution is -2.33. The highest BCUT2D eigenvalue weighted by atomic mass is 79.9. The van der Waals surface area contributed by atoms with E-state index in [1.165, 1.54) is 0 Å². The van der Waals surface area contributed by atoms with Gasteiger partial charge in [0.25, 0.3) is 0 Å². The van der Waals surface area contributed by atoms with Crippen molar-refractivity contribution < 1.29 is 9.32 Å². The van der Waals surface area contributed by atoms with Gasteiger partial charge in [0.05, 0.1) is 16.6 Å². The Kier molecular flexibility index (Phi) is 5.29. The van der Waals surface area contributed by atoms with Crippen LogP contribution >= 0.6 is 15.9 Å². The van der Waals surface area contributed by atoms with Crippen LogP contribution in [0.5, 0.6) is 0 Å². The summed E-state index contributed by atoms with van der Waals surface area (Å²) in [6.07, 6.45) is 0. The lowest BCUT2D eigenvalue weighted by Gasteiger charge is -2.29. The minimum absolute atomic E-state index is 0.0999. The van der Waals surface area contributed by atoms with Crippen LogP contribution in [0.1, 0.15) is 11.1 Å². The molecule has 0 saturated heterocycles. The molecule has 3 aromatic carbocycles. The van der Waals surface area contributed by atoms with Crippen molar-refractivity contribution >= 4 is 26.7 Å². The first-order valence-corrected chi connectivity index (χ1v) is 9.68. The van der Waals surface area contributed by atoms with Gasteiger partial charge in [0.1, 0.15) is 5.60 Å². The summed E-state index contributed by atoms with van der Waals surface area (Å²) in [4.78, 5) is 0.698. The van der Waals surface area contributed by atoms with Crippen molar-refractivity contribution in [2.75, 3.05) is 5.75 Å². The third-order valence-electron chi connectivity index (χ3n) is 3.92. The first-order chi connectivity index (χ1) is 11.6. The molecule has 24 heavy (non-hydrogen) atoms. The number of hydrogen-bond acceptors (Lipinski definition) is 2. The second-order valence-corrected chi connectivity index (χ2v) is 7.90. The van der Waals surface area contributed by atoms with E-state index in [2.05, 4.69) is 15.9 Å². The zero-order chi connectivity index (χ0) is 17.0. The molecule has 0 unspecified atom stereocenters. The van der Waals surface area contributed by atoms with E-state index in [1.54, 1.807) is 0 Å². The van der Waals surface area contributed by atoms with Crippen LogP contribution in [0.25, 0.3) is 0 Å². The summed E-state index contributed by atoms with van der Waals surface area (Å²) in [5.74, 6) is 0.0999. The standard InChI is InChI=1S/C20H17BrO2S/c21-18-11-13-19(14-12-18)24(23)15-20(22,16-7-3-1-4-8-16)17-9-5-2-6-10-17/h1-14,22H,15H2/t24-/m0/s1. The molecule has 1 atom stereocenters. The van der Waals surface area contributed by atoms with E-state index >= 15 is 0 Å². The fraction of sp³-hybridized carbons (Fsp3) is 0.100. The van der Waals surface area contributed by atoms with Crippen LogP contribution in [0.4, 0.5) is 0 Å². The number of benzene rings is 3. The van der Waals surface area contributed by atoms with Crippen molar-refractivity contribution in [3.8, 4) is 0 Å².